The number of nitrogen functional groups attached to an aromatic ring is 1. The first-order valence-corrected chi connectivity index (χ1v) is 8.60. The van der Waals surface area contributed by atoms with Gasteiger partial charge >= 0.3 is 0 Å². The van der Waals surface area contributed by atoms with Crippen LogP contribution in [0.25, 0.3) is 16.7 Å². The van der Waals surface area contributed by atoms with Crippen molar-refractivity contribution in [3.8, 4) is 11.6 Å². The Morgan fingerprint density at radius 2 is 1.85 bits per heavy atom. The van der Waals surface area contributed by atoms with Crippen LogP contribution in [-0.4, -0.2) is 21.4 Å². The van der Waals surface area contributed by atoms with E-state index >= 15 is 0 Å². The standard InChI is InChI=1S/C21H20N4O/c1-15-14-19(22)25(24-15)20-11-10-17-8-5-9-18(21(17)23-20)26-13-12-16-6-3-2-4-7-16/h2-11,14H,12-13,22H2,1H3. The summed E-state index contributed by atoms with van der Waals surface area (Å²) < 4.78 is 7.67. The summed E-state index contributed by atoms with van der Waals surface area (Å²) in [5.74, 6) is 2.02. The molecule has 5 heteroatoms. The molecule has 0 aliphatic heterocycles. The van der Waals surface area contributed by atoms with Gasteiger partial charge in [0.1, 0.15) is 17.1 Å². The Balaban J connectivity index is 1.62. The lowest BCUT2D eigenvalue weighted by Crippen LogP contribution is -2.05. The van der Waals surface area contributed by atoms with Gasteiger partial charge in [-0.3, -0.25) is 0 Å². The lowest BCUT2D eigenvalue weighted by atomic mass is 10.2. The van der Waals surface area contributed by atoms with Crippen molar-refractivity contribution in [2.75, 3.05) is 12.3 Å². The second kappa shape index (κ2) is 6.88. The number of aryl methyl sites for hydroxylation is 1. The average molecular weight is 344 g/mol. The maximum Gasteiger partial charge on any atom is 0.156 e. The molecular formula is C21H20N4O. The first kappa shape index (κ1) is 16.1. The maximum absolute atomic E-state index is 6.03. The second-order valence-electron chi connectivity index (χ2n) is 6.20. The summed E-state index contributed by atoms with van der Waals surface area (Å²) in [7, 11) is 0. The molecule has 0 unspecified atom stereocenters. The highest BCUT2D eigenvalue weighted by Gasteiger charge is 2.09. The van der Waals surface area contributed by atoms with Gasteiger partial charge < -0.3 is 10.5 Å². The van der Waals surface area contributed by atoms with Crippen molar-refractivity contribution in [3.63, 3.8) is 0 Å². The molecule has 0 amide bonds. The Kier molecular flexibility index (Phi) is 4.27. The first-order valence-electron chi connectivity index (χ1n) is 8.60. The van der Waals surface area contributed by atoms with E-state index in [0.717, 1.165) is 28.8 Å². The zero-order valence-electron chi connectivity index (χ0n) is 14.6. The van der Waals surface area contributed by atoms with Gasteiger partial charge in [-0.1, -0.05) is 42.5 Å². The van der Waals surface area contributed by atoms with E-state index in [1.807, 2.05) is 61.5 Å². The van der Waals surface area contributed by atoms with E-state index in [1.165, 1.54) is 5.56 Å². The molecule has 0 fully saturated rings. The predicted octanol–water partition coefficient (Wildman–Crippen LogP) is 3.93. The van der Waals surface area contributed by atoms with Gasteiger partial charge in [-0.05, 0) is 30.7 Å². The summed E-state index contributed by atoms with van der Waals surface area (Å²) in [6, 6.07) is 22.0. The van der Waals surface area contributed by atoms with E-state index in [-0.39, 0.29) is 0 Å². The van der Waals surface area contributed by atoms with E-state index in [9.17, 15) is 0 Å². The van der Waals surface area contributed by atoms with Crippen LogP contribution in [0.1, 0.15) is 11.3 Å². The smallest absolute Gasteiger partial charge is 0.156 e. The number of pyridine rings is 1. The van der Waals surface area contributed by atoms with E-state index in [4.69, 9.17) is 15.5 Å². The highest BCUT2D eigenvalue weighted by atomic mass is 16.5. The van der Waals surface area contributed by atoms with Crippen LogP contribution < -0.4 is 10.5 Å². The molecule has 0 spiro atoms. The van der Waals surface area contributed by atoms with Gasteiger partial charge in [0.15, 0.2) is 5.82 Å². The van der Waals surface area contributed by atoms with Crippen molar-refractivity contribution in [2.24, 2.45) is 0 Å². The lowest BCUT2D eigenvalue weighted by Gasteiger charge is -2.10. The quantitative estimate of drug-likeness (QED) is 0.596. The molecule has 0 bridgehead atoms. The third kappa shape index (κ3) is 3.24. The first-order chi connectivity index (χ1) is 12.7. The van der Waals surface area contributed by atoms with Gasteiger partial charge in [0.25, 0.3) is 0 Å². The van der Waals surface area contributed by atoms with Gasteiger partial charge in [-0.25, -0.2) is 4.98 Å². The lowest BCUT2D eigenvalue weighted by molar-refractivity contribution is 0.325. The van der Waals surface area contributed by atoms with Gasteiger partial charge in [0.05, 0.1) is 12.3 Å². The molecule has 2 heterocycles. The van der Waals surface area contributed by atoms with E-state index in [0.29, 0.717) is 18.2 Å². The number of fused-ring (bicyclic) bond motifs is 1. The molecule has 0 saturated heterocycles. The average Bonchev–Trinajstić information content (AvgIpc) is 3.00. The van der Waals surface area contributed by atoms with Crippen LogP contribution in [0.5, 0.6) is 5.75 Å². The minimum absolute atomic E-state index is 0.567. The molecule has 2 aromatic carbocycles. The van der Waals surface area contributed by atoms with Crippen LogP contribution in [-0.2, 0) is 6.42 Å². The summed E-state index contributed by atoms with van der Waals surface area (Å²) in [5, 5.41) is 5.43. The highest BCUT2D eigenvalue weighted by molar-refractivity contribution is 5.85. The van der Waals surface area contributed by atoms with Crippen molar-refractivity contribution in [1.29, 1.82) is 0 Å². The summed E-state index contributed by atoms with van der Waals surface area (Å²) in [5.41, 5.74) is 8.95. The number of rotatable bonds is 5. The number of aromatic nitrogens is 3. The Morgan fingerprint density at radius 3 is 2.62 bits per heavy atom. The van der Waals surface area contributed by atoms with Crippen molar-refractivity contribution in [1.82, 2.24) is 14.8 Å². The molecule has 4 rings (SSSR count). The van der Waals surface area contributed by atoms with Gasteiger partial charge in [-0.2, -0.15) is 9.78 Å². The SMILES string of the molecule is Cc1cc(N)n(-c2ccc3cccc(OCCc4ccccc4)c3n2)n1. The van der Waals surface area contributed by atoms with E-state index in [2.05, 4.69) is 17.2 Å². The Hall–Kier alpha value is -3.34. The zero-order valence-corrected chi connectivity index (χ0v) is 14.6. The zero-order chi connectivity index (χ0) is 17.9. The molecule has 26 heavy (non-hydrogen) atoms. The third-order valence-corrected chi connectivity index (χ3v) is 4.24. The molecule has 4 aromatic rings. The van der Waals surface area contributed by atoms with Crippen molar-refractivity contribution in [3.05, 3.63) is 78.0 Å². The van der Waals surface area contributed by atoms with Crippen LogP contribution in [0.2, 0.25) is 0 Å². The molecule has 0 aliphatic rings. The van der Waals surface area contributed by atoms with Gasteiger partial charge in [0.2, 0.25) is 0 Å². The van der Waals surface area contributed by atoms with Crippen LogP contribution in [0.4, 0.5) is 5.82 Å². The molecule has 130 valence electrons. The number of hydrogen-bond donors (Lipinski definition) is 1. The van der Waals surface area contributed by atoms with Crippen molar-refractivity contribution in [2.45, 2.75) is 13.3 Å². The van der Waals surface area contributed by atoms with Crippen LogP contribution >= 0.6 is 0 Å². The fourth-order valence-corrected chi connectivity index (χ4v) is 2.97. The fourth-order valence-electron chi connectivity index (χ4n) is 2.97. The summed E-state index contributed by atoms with van der Waals surface area (Å²) in [6.07, 6.45) is 0.849. The number of ether oxygens (including phenoxy) is 1. The second-order valence-corrected chi connectivity index (χ2v) is 6.20. The van der Waals surface area contributed by atoms with Gasteiger partial charge in [0, 0.05) is 17.9 Å². The number of anilines is 1. The minimum atomic E-state index is 0.567. The molecule has 0 atom stereocenters. The van der Waals surface area contributed by atoms with Crippen LogP contribution in [0, 0.1) is 6.92 Å². The normalized spacial score (nSPS) is 11.0. The molecule has 2 aromatic heterocycles. The maximum atomic E-state index is 6.03. The van der Waals surface area contributed by atoms with E-state index in [1.54, 1.807) is 4.68 Å². The number of para-hydroxylation sites is 1. The molecule has 0 saturated carbocycles. The largest absolute Gasteiger partial charge is 0.491 e. The van der Waals surface area contributed by atoms with Crippen molar-refractivity contribution >= 4 is 16.7 Å². The molecule has 2 N–H and O–H groups in total. The third-order valence-electron chi connectivity index (χ3n) is 4.24. The Labute approximate surface area is 152 Å². The molecule has 0 aliphatic carbocycles. The topological polar surface area (TPSA) is 66.0 Å². The number of nitrogens with two attached hydrogens (primary N) is 1. The summed E-state index contributed by atoms with van der Waals surface area (Å²) in [4.78, 5) is 4.74. The monoisotopic (exact) mass is 344 g/mol. The number of benzene rings is 2. The van der Waals surface area contributed by atoms with Crippen LogP contribution in [0.15, 0.2) is 66.7 Å². The van der Waals surface area contributed by atoms with E-state index < -0.39 is 0 Å². The van der Waals surface area contributed by atoms with Gasteiger partial charge in [-0.15, -0.1) is 0 Å². The number of nitrogens with zero attached hydrogens (tertiary/aromatic N) is 3. The summed E-state index contributed by atoms with van der Waals surface area (Å²) >= 11 is 0. The number of hydrogen-bond acceptors (Lipinski definition) is 4. The highest BCUT2D eigenvalue weighted by Crippen LogP contribution is 2.26. The predicted molar refractivity (Wildman–Crippen MR) is 104 cm³/mol. The molecule has 5 nitrogen and oxygen atoms in total. The van der Waals surface area contributed by atoms with Crippen LogP contribution in [0.3, 0.4) is 0 Å². The minimum Gasteiger partial charge on any atom is -0.491 e. The summed E-state index contributed by atoms with van der Waals surface area (Å²) in [6.45, 7) is 2.50. The fraction of sp³-hybridized carbons (Fsp3) is 0.143. The Morgan fingerprint density at radius 1 is 1.00 bits per heavy atom. The molecule has 0 radical (unpaired) electrons. The van der Waals surface area contributed by atoms with Crippen molar-refractivity contribution < 1.29 is 4.74 Å². The Bertz CT molecular complexity index is 1040. The molecular weight excluding hydrogens is 324 g/mol.